The van der Waals surface area contributed by atoms with E-state index in [1.807, 2.05) is 24.3 Å². The van der Waals surface area contributed by atoms with Crippen LogP contribution in [-0.4, -0.2) is 32.0 Å². The molecule has 27 heavy (non-hydrogen) atoms. The van der Waals surface area contributed by atoms with Gasteiger partial charge in [0.15, 0.2) is 0 Å². The van der Waals surface area contributed by atoms with E-state index < -0.39 is 0 Å². The van der Waals surface area contributed by atoms with Crippen molar-refractivity contribution in [3.05, 3.63) is 29.8 Å². The van der Waals surface area contributed by atoms with Crippen LogP contribution in [0.15, 0.2) is 24.3 Å². The second-order valence-corrected chi connectivity index (χ2v) is 8.83. The minimum Gasteiger partial charge on any atom is -0.497 e. The van der Waals surface area contributed by atoms with Gasteiger partial charge in [0, 0.05) is 12.0 Å². The van der Waals surface area contributed by atoms with E-state index in [4.69, 9.17) is 4.74 Å². The second-order valence-electron chi connectivity index (χ2n) is 8.83. The minimum absolute atomic E-state index is 0.0865. The summed E-state index contributed by atoms with van der Waals surface area (Å²) in [4.78, 5) is 25.0. The zero-order chi connectivity index (χ0) is 18.9. The standard InChI is InChI=1S/C22H30N2O3/c1-27-19-4-2-15(3-5-19)6-7-23-20(25)14-24-21(26)22-11-16-8-17(12-22)10-18(9-16)13-22/h2-5,16-18H,6-14H2,1H3,(H,23,25)(H,24,26). The van der Waals surface area contributed by atoms with Crippen LogP contribution in [0.25, 0.3) is 0 Å². The first-order valence-corrected chi connectivity index (χ1v) is 10.2. The number of carbonyl (C=O) groups excluding carboxylic acids is 2. The molecule has 0 unspecified atom stereocenters. The zero-order valence-corrected chi connectivity index (χ0v) is 16.1. The highest BCUT2D eigenvalue weighted by atomic mass is 16.5. The van der Waals surface area contributed by atoms with Crippen LogP contribution >= 0.6 is 0 Å². The van der Waals surface area contributed by atoms with Crippen molar-refractivity contribution < 1.29 is 14.3 Å². The van der Waals surface area contributed by atoms with Crippen LogP contribution in [0.4, 0.5) is 0 Å². The Morgan fingerprint density at radius 2 is 1.59 bits per heavy atom. The summed E-state index contributed by atoms with van der Waals surface area (Å²) in [5, 5.41) is 5.84. The predicted molar refractivity (Wildman–Crippen MR) is 103 cm³/mol. The molecule has 1 aromatic rings. The molecular formula is C22H30N2O3. The number of nitrogens with one attached hydrogen (secondary N) is 2. The van der Waals surface area contributed by atoms with Gasteiger partial charge in [-0.05, 0) is 80.4 Å². The predicted octanol–water partition coefficient (Wildman–Crippen LogP) is 2.69. The molecule has 0 radical (unpaired) electrons. The zero-order valence-electron chi connectivity index (χ0n) is 16.1. The van der Waals surface area contributed by atoms with E-state index in [2.05, 4.69) is 10.6 Å². The van der Waals surface area contributed by atoms with E-state index in [1.54, 1.807) is 7.11 Å². The molecule has 4 fully saturated rings. The van der Waals surface area contributed by atoms with Crippen molar-refractivity contribution in [3.63, 3.8) is 0 Å². The molecule has 0 aliphatic heterocycles. The molecule has 5 heteroatoms. The first-order valence-electron chi connectivity index (χ1n) is 10.2. The Hall–Kier alpha value is -2.04. The monoisotopic (exact) mass is 370 g/mol. The van der Waals surface area contributed by atoms with Gasteiger partial charge in [0.2, 0.25) is 11.8 Å². The van der Waals surface area contributed by atoms with E-state index >= 15 is 0 Å². The van der Waals surface area contributed by atoms with Crippen molar-refractivity contribution in [3.8, 4) is 5.75 Å². The lowest BCUT2D eigenvalue weighted by atomic mass is 9.49. The molecule has 4 aliphatic rings. The summed E-state index contributed by atoms with van der Waals surface area (Å²) in [5.41, 5.74) is 0.965. The molecule has 2 N–H and O–H groups in total. The summed E-state index contributed by atoms with van der Waals surface area (Å²) in [6.45, 7) is 0.654. The fourth-order valence-corrected chi connectivity index (χ4v) is 5.94. The van der Waals surface area contributed by atoms with Gasteiger partial charge in [0.1, 0.15) is 5.75 Å². The van der Waals surface area contributed by atoms with E-state index in [0.717, 1.165) is 54.7 Å². The molecule has 4 aliphatic carbocycles. The summed E-state index contributed by atoms with van der Waals surface area (Å²) in [7, 11) is 1.65. The highest BCUT2D eigenvalue weighted by molar-refractivity contribution is 5.88. The van der Waals surface area contributed by atoms with Gasteiger partial charge >= 0.3 is 0 Å². The van der Waals surface area contributed by atoms with Gasteiger partial charge in [-0.3, -0.25) is 9.59 Å². The highest BCUT2D eigenvalue weighted by Gasteiger charge is 2.54. The molecule has 1 aromatic carbocycles. The van der Waals surface area contributed by atoms with Crippen molar-refractivity contribution in [2.45, 2.75) is 44.9 Å². The maximum Gasteiger partial charge on any atom is 0.239 e. The number of carbonyl (C=O) groups is 2. The summed E-state index contributed by atoms with van der Waals surface area (Å²) >= 11 is 0. The molecule has 5 nitrogen and oxygen atoms in total. The van der Waals surface area contributed by atoms with Gasteiger partial charge in [-0.25, -0.2) is 0 Å². The first-order chi connectivity index (χ1) is 13.1. The van der Waals surface area contributed by atoms with Gasteiger partial charge in [-0.15, -0.1) is 0 Å². The Bertz CT molecular complexity index is 663. The normalized spacial score (nSPS) is 30.8. The minimum atomic E-state index is -0.182. The molecule has 4 saturated carbocycles. The molecule has 0 atom stereocenters. The summed E-state index contributed by atoms with van der Waals surface area (Å²) in [5.74, 6) is 3.05. The van der Waals surface area contributed by atoms with Crippen molar-refractivity contribution in [2.75, 3.05) is 20.2 Å². The van der Waals surface area contributed by atoms with Crippen molar-refractivity contribution >= 4 is 11.8 Å². The Morgan fingerprint density at radius 3 is 2.15 bits per heavy atom. The number of rotatable bonds is 7. The quantitative estimate of drug-likeness (QED) is 0.775. The lowest BCUT2D eigenvalue weighted by molar-refractivity contribution is -0.147. The second kappa shape index (κ2) is 7.53. The Morgan fingerprint density at radius 1 is 1.00 bits per heavy atom. The summed E-state index contributed by atoms with van der Waals surface area (Å²) < 4.78 is 5.14. The molecule has 0 aromatic heterocycles. The van der Waals surface area contributed by atoms with E-state index in [0.29, 0.717) is 6.54 Å². The van der Waals surface area contributed by atoms with E-state index in [9.17, 15) is 9.59 Å². The van der Waals surface area contributed by atoms with Crippen LogP contribution in [-0.2, 0) is 16.0 Å². The van der Waals surface area contributed by atoms with Crippen LogP contribution in [0.5, 0.6) is 5.75 Å². The smallest absolute Gasteiger partial charge is 0.239 e. The molecule has 0 saturated heterocycles. The van der Waals surface area contributed by atoms with Crippen LogP contribution < -0.4 is 15.4 Å². The van der Waals surface area contributed by atoms with Gasteiger partial charge in [0.25, 0.3) is 0 Å². The number of amides is 2. The fraction of sp³-hybridized carbons (Fsp3) is 0.636. The molecule has 2 amide bonds. The maximum atomic E-state index is 12.9. The molecule has 0 spiro atoms. The molecular weight excluding hydrogens is 340 g/mol. The van der Waals surface area contributed by atoms with Crippen LogP contribution in [0.3, 0.4) is 0 Å². The van der Waals surface area contributed by atoms with Gasteiger partial charge in [0.05, 0.1) is 13.7 Å². The van der Waals surface area contributed by atoms with Crippen LogP contribution in [0, 0.1) is 23.2 Å². The van der Waals surface area contributed by atoms with Crippen LogP contribution in [0.2, 0.25) is 0 Å². The number of hydrogen-bond donors (Lipinski definition) is 2. The van der Waals surface area contributed by atoms with Gasteiger partial charge in [-0.2, -0.15) is 0 Å². The SMILES string of the molecule is COc1ccc(CCNC(=O)CNC(=O)C23CC4CC(CC(C4)C2)C3)cc1. The largest absolute Gasteiger partial charge is 0.497 e. The van der Waals surface area contributed by atoms with Crippen LogP contribution in [0.1, 0.15) is 44.1 Å². The average Bonchev–Trinajstić information content (AvgIpc) is 2.65. The summed E-state index contributed by atoms with van der Waals surface area (Å²) in [6, 6.07) is 7.84. The average molecular weight is 370 g/mol. The Balaban J connectivity index is 1.20. The third-order valence-corrected chi connectivity index (χ3v) is 6.82. The topological polar surface area (TPSA) is 67.4 Å². The van der Waals surface area contributed by atoms with Gasteiger partial charge < -0.3 is 15.4 Å². The number of benzene rings is 1. The third kappa shape index (κ3) is 3.97. The molecule has 0 heterocycles. The van der Waals surface area contributed by atoms with Crippen molar-refractivity contribution in [1.29, 1.82) is 0 Å². The Labute approximate surface area is 161 Å². The number of ether oxygens (including phenoxy) is 1. The molecule has 4 bridgehead atoms. The number of hydrogen-bond acceptors (Lipinski definition) is 3. The third-order valence-electron chi connectivity index (χ3n) is 6.82. The molecule has 5 rings (SSSR count). The summed E-state index contributed by atoms with van der Waals surface area (Å²) in [6.07, 6.45) is 7.81. The first kappa shape index (κ1) is 18.3. The maximum absolute atomic E-state index is 12.9. The fourth-order valence-electron chi connectivity index (χ4n) is 5.94. The lowest BCUT2D eigenvalue weighted by Gasteiger charge is -2.55. The molecule has 146 valence electrons. The Kier molecular flexibility index (Phi) is 5.11. The van der Waals surface area contributed by atoms with Gasteiger partial charge in [-0.1, -0.05) is 12.1 Å². The highest BCUT2D eigenvalue weighted by Crippen LogP contribution is 2.60. The van der Waals surface area contributed by atoms with Crippen molar-refractivity contribution in [1.82, 2.24) is 10.6 Å². The lowest BCUT2D eigenvalue weighted by Crippen LogP contribution is -2.54. The van der Waals surface area contributed by atoms with E-state index in [-0.39, 0.29) is 23.8 Å². The van der Waals surface area contributed by atoms with Crippen molar-refractivity contribution in [2.24, 2.45) is 23.2 Å². The van der Waals surface area contributed by atoms with E-state index in [1.165, 1.54) is 19.3 Å². The number of methoxy groups -OCH3 is 1.